The molecule has 1 atom stereocenters. The van der Waals surface area contributed by atoms with Gasteiger partial charge in [0.1, 0.15) is 5.60 Å². The fraction of sp³-hybridized carbons (Fsp3) is 0.308. The Morgan fingerprint density at radius 1 is 1.47 bits per heavy atom. The van der Waals surface area contributed by atoms with E-state index < -0.39 is 5.60 Å². The average molecular weight is 230 g/mol. The molecule has 0 spiro atoms. The van der Waals surface area contributed by atoms with E-state index in [-0.39, 0.29) is 0 Å². The van der Waals surface area contributed by atoms with E-state index in [1.807, 2.05) is 25.1 Å². The number of ether oxygens (including phenoxy) is 1. The van der Waals surface area contributed by atoms with Crippen molar-refractivity contribution in [2.24, 2.45) is 5.16 Å². The molecule has 0 bridgehead atoms. The molecule has 4 heteroatoms. The van der Waals surface area contributed by atoms with Gasteiger partial charge < -0.3 is 14.9 Å². The Hall–Kier alpha value is -1.81. The van der Waals surface area contributed by atoms with Gasteiger partial charge in [-0.3, -0.25) is 0 Å². The number of aromatic nitrogens is 1. The summed E-state index contributed by atoms with van der Waals surface area (Å²) in [7, 11) is 0. The molecular formula is C13H14N2O2. The van der Waals surface area contributed by atoms with Gasteiger partial charge in [0.25, 0.3) is 0 Å². The Balaban J connectivity index is 2.27. The molecule has 0 saturated heterocycles. The quantitative estimate of drug-likeness (QED) is 0.449. The first-order valence-electron chi connectivity index (χ1n) is 5.67. The summed E-state index contributed by atoms with van der Waals surface area (Å²) in [4.78, 5) is 3.36. The second kappa shape index (κ2) is 3.60. The van der Waals surface area contributed by atoms with Crippen molar-refractivity contribution in [3.63, 3.8) is 0 Å². The minimum absolute atomic E-state index is 0.636. The first kappa shape index (κ1) is 10.4. The summed E-state index contributed by atoms with van der Waals surface area (Å²) in [6, 6.07) is 8.18. The number of hydrogen-bond donors (Lipinski definition) is 2. The number of fused-ring (bicyclic) bond motifs is 3. The van der Waals surface area contributed by atoms with Crippen LogP contribution < -0.4 is 0 Å². The summed E-state index contributed by atoms with van der Waals surface area (Å²) >= 11 is 0. The van der Waals surface area contributed by atoms with Crippen LogP contribution in [0.4, 0.5) is 0 Å². The molecule has 3 rings (SSSR count). The third-order valence-electron chi connectivity index (χ3n) is 3.37. The van der Waals surface area contributed by atoms with Gasteiger partial charge in [0.05, 0.1) is 18.5 Å². The summed E-state index contributed by atoms with van der Waals surface area (Å²) in [6.45, 7) is 2.54. The summed E-state index contributed by atoms with van der Waals surface area (Å²) in [5.74, 6) is 0. The van der Waals surface area contributed by atoms with Crippen LogP contribution in [0.1, 0.15) is 18.2 Å². The van der Waals surface area contributed by atoms with Gasteiger partial charge >= 0.3 is 0 Å². The second-order valence-electron chi connectivity index (χ2n) is 4.47. The lowest BCUT2D eigenvalue weighted by atomic mass is 9.94. The van der Waals surface area contributed by atoms with Crippen LogP contribution in [0.15, 0.2) is 29.4 Å². The van der Waals surface area contributed by atoms with Crippen molar-refractivity contribution in [2.75, 3.05) is 6.61 Å². The maximum atomic E-state index is 8.76. The third kappa shape index (κ3) is 1.45. The largest absolute Gasteiger partial charge is 0.411 e. The van der Waals surface area contributed by atoms with Crippen LogP contribution in [-0.4, -0.2) is 23.0 Å². The van der Waals surface area contributed by atoms with E-state index in [1.54, 1.807) is 0 Å². The fourth-order valence-electron chi connectivity index (χ4n) is 2.53. The average Bonchev–Trinajstić information content (AvgIpc) is 2.70. The number of aromatic amines is 1. The molecule has 0 radical (unpaired) electrons. The van der Waals surface area contributed by atoms with Gasteiger partial charge in [-0.2, -0.15) is 0 Å². The fourth-order valence-corrected chi connectivity index (χ4v) is 2.53. The molecule has 2 N–H and O–H groups in total. The smallest absolute Gasteiger partial charge is 0.143 e. The Kier molecular flexibility index (Phi) is 2.19. The minimum atomic E-state index is -0.665. The minimum Gasteiger partial charge on any atom is -0.411 e. The molecule has 0 saturated carbocycles. The zero-order chi connectivity index (χ0) is 11.9. The molecule has 2 aromatic rings. The van der Waals surface area contributed by atoms with E-state index in [9.17, 15) is 0 Å². The molecule has 88 valence electrons. The van der Waals surface area contributed by atoms with E-state index in [1.165, 1.54) is 17.2 Å². The van der Waals surface area contributed by atoms with Gasteiger partial charge in [-0.05, 0) is 25.0 Å². The zero-order valence-electron chi connectivity index (χ0n) is 9.60. The molecule has 1 aliphatic heterocycles. The SMILES string of the molecule is CC1(C=NO)OCCc2c1[nH]c1ccccc21. The predicted molar refractivity (Wildman–Crippen MR) is 65.6 cm³/mol. The Morgan fingerprint density at radius 2 is 2.29 bits per heavy atom. The first-order valence-corrected chi connectivity index (χ1v) is 5.67. The van der Waals surface area contributed by atoms with E-state index in [0.717, 1.165) is 17.6 Å². The van der Waals surface area contributed by atoms with Crippen molar-refractivity contribution in [1.82, 2.24) is 4.98 Å². The van der Waals surface area contributed by atoms with Crippen molar-refractivity contribution in [1.29, 1.82) is 0 Å². The second-order valence-corrected chi connectivity index (χ2v) is 4.47. The van der Waals surface area contributed by atoms with Crippen LogP contribution in [0, 0.1) is 0 Å². The van der Waals surface area contributed by atoms with Crippen molar-refractivity contribution >= 4 is 17.1 Å². The molecule has 0 fully saturated rings. The van der Waals surface area contributed by atoms with Crippen LogP contribution in [0.25, 0.3) is 10.9 Å². The van der Waals surface area contributed by atoms with E-state index in [2.05, 4.69) is 16.2 Å². The number of rotatable bonds is 1. The van der Waals surface area contributed by atoms with Gasteiger partial charge in [-0.1, -0.05) is 23.4 Å². The first-order chi connectivity index (χ1) is 8.24. The van der Waals surface area contributed by atoms with E-state index in [0.29, 0.717) is 6.61 Å². The van der Waals surface area contributed by atoms with Gasteiger partial charge in [-0.25, -0.2) is 0 Å². The molecule has 17 heavy (non-hydrogen) atoms. The Bertz CT molecular complexity index is 588. The van der Waals surface area contributed by atoms with Gasteiger partial charge in [0.2, 0.25) is 0 Å². The van der Waals surface area contributed by atoms with E-state index >= 15 is 0 Å². The summed E-state index contributed by atoms with van der Waals surface area (Å²) in [5.41, 5.74) is 2.68. The zero-order valence-corrected chi connectivity index (χ0v) is 9.60. The number of H-pyrrole nitrogens is 1. The highest BCUT2D eigenvalue weighted by Crippen LogP contribution is 2.35. The van der Waals surface area contributed by atoms with Crippen molar-refractivity contribution < 1.29 is 9.94 Å². The highest BCUT2D eigenvalue weighted by molar-refractivity contribution is 5.87. The molecule has 1 aromatic heterocycles. The molecule has 0 amide bonds. The molecule has 4 nitrogen and oxygen atoms in total. The normalized spacial score (nSPS) is 24.3. The van der Waals surface area contributed by atoms with Crippen LogP contribution >= 0.6 is 0 Å². The van der Waals surface area contributed by atoms with Gasteiger partial charge in [0.15, 0.2) is 0 Å². The topological polar surface area (TPSA) is 57.6 Å². The molecule has 1 aliphatic rings. The van der Waals surface area contributed by atoms with Crippen LogP contribution in [-0.2, 0) is 16.8 Å². The number of para-hydroxylation sites is 1. The standard InChI is InChI=1S/C13H14N2O2/c1-13(8-14-16)12-10(6-7-17-13)9-4-2-3-5-11(9)15-12/h2-5,8,15-16H,6-7H2,1H3. The highest BCUT2D eigenvalue weighted by Gasteiger charge is 2.34. The Labute approximate surface area is 98.9 Å². The lowest BCUT2D eigenvalue weighted by Gasteiger charge is -2.30. The van der Waals surface area contributed by atoms with Crippen LogP contribution in [0.5, 0.6) is 0 Å². The van der Waals surface area contributed by atoms with Crippen LogP contribution in [0.2, 0.25) is 0 Å². The van der Waals surface area contributed by atoms with Gasteiger partial charge in [0, 0.05) is 10.9 Å². The van der Waals surface area contributed by atoms with Crippen LogP contribution in [0.3, 0.4) is 0 Å². The third-order valence-corrected chi connectivity index (χ3v) is 3.37. The van der Waals surface area contributed by atoms with Gasteiger partial charge in [-0.15, -0.1) is 0 Å². The van der Waals surface area contributed by atoms with Crippen molar-refractivity contribution in [3.8, 4) is 0 Å². The predicted octanol–water partition coefficient (Wildman–Crippen LogP) is 2.42. The molecule has 1 aromatic carbocycles. The number of oxime groups is 1. The summed E-state index contributed by atoms with van der Waals surface area (Å²) in [6.07, 6.45) is 2.31. The lowest BCUT2D eigenvalue weighted by Crippen LogP contribution is -2.34. The summed E-state index contributed by atoms with van der Waals surface area (Å²) < 4.78 is 5.72. The van der Waals surface area contributed by atoms with E-state index in [4.69, 9.17) is 9.94 Å². The lowest BCUT2D eigenvalue weighted by molar-refractivity contribution is 0.00735. The van der Waals surface area contributed by atoms with Crippen molar-refractivity contribution in [2.45, 2.75) is 18.9 Å². The Morgan fingerprint density at radius 3 is 3.12 bits per heavy atom. The monoisotopic (exact) mass is 230 g/mol. The highest BCUT2D eigenvalue weighted by atomic mass is 16.5. The number of nitrogens with zero attached hydrogens (tertiary/aromatic N) is 1. The molecule has 0 aliphatic carbocycles. The number of benzene rings is 1. The maximum absolute atomic E-state index is 8.76. The van der Waals surface area contributed by atoms with Crippen molar-refractivity contribution in [3.05, 3.63) is 35.5 Å². The number of nitrogens with one attached hydrogen (secondary N) is 1. The maximum Gasteiger partial charge on any atom is 0.143 e. The summed E-state index contributed by atoms with van der Waals surface area (Å²) in [5, 5.41) is 13.1. The molecule has 1 unspecified atom stereocenters. The number of hydrogen-bond acceptors (Lipinski definition) is 3. The molecule has 2 heterocycles. The molecular weight excluding hydrogens is 216 g/mol.